The zero-order valence-electron chi connectivity index (χ0n) is 12.2. The van der Waals surface area contributed by atoms with Crippen LogP contribution in [0.1, 0.15) is 5.56 Å². The van der Waals surface area contributed by atoms with Gasteiger partial charge >= 0.3 is 0 Å². The van der Waals surface area contributed by atoms with Gasteiger partial charge in [-0.2, -0.15) is 4.99 Å². The Labute approximate surface area is 147 Å². The molecule has 0 fully saturated rings. The van der Waals surface area contributed by atoms with Gasteiger partial charge < -0.3 is 4.57 Å². The molecule has 0 unspecified atom stereocenters. The van der Waals surface area contributed by atoms with Gasteiger partial charge in [-0.3, -0.25) is 4.79 Å². The monoisotopic (exact) mass is 362 g/mol. The molecule has 6 heteroatoms. The Morgan fingerprint density at radius 3 is 2.78 bits per heavy atom. The first-order valence-corrected chi connectivity index (χ1v) is 8.38. The molecule has 0 aliphatic carbocycles. The Balaban J connectivity index is 1.94. The number of nitrogens with zero attached hydrogens (tertiary/aromatic N) is 2. The van der Waals surface area contributed by atoms with E-state index in [-0.39, 0.29) is 5.91 Å². The molecule has 0 N–H and O–H groups in total. The second kappa shape index (κ2) is 6.71. The average Bonchev–Trinajstić information content (AvgIpc) is 2.82. The summed E-state index contributed by atoms with van der Waals surface area (Å²) in [5, 5.41) is 1.26. The van der Waals surface area contributed by atoms with Gasteiger partial charge in [-0.05, 0) is 35.9 Å². The minimum Gasteiger partial charge on any atom is -0.319 e. The Morgan fingerprint density at radius 2 is 2.00 bits per heavy atom. The van der Waals surface area contributed by atoms with Gasteiger partial charge in [0.15, 0.2) is 4.80 Å². The van der Waals surface area contributed by atoms with Crippen LogP contribution >= 0.6 is 34.5 Å². The van der Waals surface area contributed by atoms with E-state index < -0.39 is 0 Å². The highest BCUT2D eigenvalue weighted by Crippen LogP contribution is 2.21. The standard InChI is InChI=1S/C17H12Cl2N2OS/c1-21-14-8-7-12(18)10-15(14)23-17(21)20-16(22)9-6-11-4-2-3-5-13(11)19/h2-10H,1H3/b9-6+,20-17?. The third-order valence-corrected chi connectivity index (χ3v) is 4.96. The van der Waals surface area contributed by atoms with Crippen molar-refractivity contribution in [1.82, 2.24) is 4.57 Å². The van der Waals surface area contributed by atoms with Crippen LogP contribution in [0.25, 0.3) is 16.3 Å². The van der Waals surface area contributed by atoms with E-state index in [4.69, 9.17) is 23.2 Å². The molecule has 1 amide bonds. The molecular formula is C17H12Cl2N2OS. The van der Waals surface area contributed by atoms with Crippen LogP contribution in [0, 0.1) is 0 Å². The molecule has 0 bridgehead atoms. The number of carbonyl (C=O) groups excluding carboxylic acids is 1. The highest BCUT2D eigenvalue weighted by molar-refractivity contribution is 7.16. The molecular weight excluding hydrogens is 351 g/mol. The minimum absolute atomic E-state index is 0.335. The first-order valence-electron chi connectivity index (χ1n) is 6.81. The number of rotatable bonds is 2. The largest absolute Gasteiger partial charge is 0.319 e. The number of amides is 1. The summed E-state index contributed by atoms with van der Waals surface area (Å²) in [7, 11) is 1.87. The Morgan fingerprint density at radius 1 is 1.22 bits per heavy atom. The van der Waals surface area contributed by atoms with Crippen molar-refractivity contribution in [3.8, 4) is 0 Å². The summed E-state index contributed by atoms with van der Waals surface area (Å²) >= 11 is 13.5. The molecule has 0 aliphatic rings. The van der Waals surface area contributed by atoms with E-state index in [1.807, 2.05) is 48.0 Å². The molecule has 23 heavy (non-hydrogen) atoms. The summed E-state index contributed by atoms with van der Waals surface area (Å²) in [5.74, 6) is -0.335. The molecule has 3 aromatic rings. The van der Waals surface area contributed by atoms with Gasteiger partial charge in [0.05, 0.1) is 10.2 Å². The lowest BCUT2D eigenvalue weighted by Gasteiger charge is -1.95. The van der Waals surface area contributed by atoms with Crippen LogP contribution in [0.5, 0.6) is 0 Å². The van der Waals surface area contributed by atoms with Gasteiger partial charge in [-0.25, -0.2) is 0 Å². The Bertz CT molecular complexity index is 986. The highest BCUT2D eigenvalue weighted by Gasteiger charge is 2.04. The van der Waals surface area contributed by atoms with Crippen molar-refractivity contribution in [1.29, 1.82) is 0 Å². The summed E-state index contributed by atoms with van der Waals surface area (Å²) in [6.07, 6.45) is 3.08. The molecule has 0 spiro atoms. The second-order valence-corrected chi connectivity index (χ2v) is 6.71. The lowest BCUT2D eigenvalue weighted by Crippen LogP contribution is -2.12. The predicted octanol–water partition coefficient (Wildman–Crippen LogP) is 4.69. The molecule has 1 heterocycles. The number of carbonyl (C=O) groups is 1. The third kappa shape index (κ3) is 3.55. The van der Waals surface area contributed by atoms with Crippen molar-refractivity contribution in [2.24, 2.45) is 12.0 Å². The first kappa shape index (κ1) is 16.0. The van der Waals surface area contributed by atoms with E-state index in [0.29, 0.717) is 14.8 Å². The number of hydrogen-bond donors (Lipinski definition) is 0. The number of aromatic nitrogens is 1. The number of hydrogen-bond acceptors (Lipinski definition) is 2. The number of aryl methyl sites for hydroxylation is 1. The topological polar surface area (TPSA) is 34.4 Å². The highest BCUT2D eigenvalue weighted by atomic mass is 35.5. The quantitative estimate of drug-likeness (QED) is 0.609. The van der Waals surface area contributed by atoms with E-state index in [1.54, 1.807) is 12.1 Å². The van der Waals surface area contributed by atoms with E-state index >= 15 is 0 Å². The van der Waals surface area contributed by atoms with E-state index in [9.17, 15) is 4.79 Å². The normalized spacial score (nSPS) is 12.4. The minimum atomic E-state index is -0.335. The number of benzene rings is 2. The third-order valence-electron chi connectivity index (χ3n) is 3.29. The summed E-state index contributed by atoms with van der Waals surface area (Å²) in [5.41, 5.74) is 1.77. The Hall–Kier alpha value is -1.88. The summed E-state index contributed by atoms with van der Waals surface area (Å²) in [6.45, 7) is 0. The summed E-state index contributed by atoms with van der Waals surface area (Å²) in [6, 6.07) is 12.9. The van der Waals surface area contributed by atoms with Crippen molar-refractivity contribution in [2.45, 2.75) is 0 Å². The fourth-order valence-corrected chi connectivity index (χ4v) is 3.62. The molecule has 0 aliphatic heterocycles. The zero-order chi connectivity index (χ0) is 16.4. The molecule has 0 atom stereocenters. The van der Waals surface area contributed by atoms with Crippen LogP contribution in [-0.2, 0) is 11.8 Å². The van der Waals surface area contributed by atoms with Crippen LogP contribution < -0.4 is 4.80 Å². The van der Waals surface area contributed by atoms with Gasteiger partial charge in [0.2, 0.25) is 0 Å². The fraction of sp³-hybridized carbons (Fsp3) is 0.0588. The van der Waals surface area contributed by atoms with Gasteiger partial charge in [0.25, 0.3) is 5.91 Å². The summed E-state index contributed by atoms with van der Waals surface area (Å²) < 4.78 is 2.86. The first-order chi connectivity index (χ1) is 11.0. The van der Waals surface area contributed by atoms with Gasteiger partial charge in [0, 0.05) is 23.2 Å². The Kier molecular flexibility index (Phi) is 4.66. The van der Waals surface area contributed by atoms with Gasteiger partial charge in [0.1, 0.15) is 0 Å². The van der Waals surface area contributed by atoms with Gasteiger partial charge in [-0.15, -0.1) is 0 Å². The summed E-state index contributed by atoms with van der Waals surface area (Å²) in [4.78, 5) is 16.8. The molecule has 0 saturated carbocycles. The number of thiazole rings is 1. The second-order valence-electron chi connectivity index (χ2n) is 4.86. The van der Waals surface area contributed by atoms with Gasteiger partial charge in [-0.1, -0.05) is 52.7 Å². The molecule has 116 valence electrons. The molecule has 0 radical (unpaired) electrons. The maximum Gasteiger partial charge on any atom is 0.272 e. The lowest BCUT2D eigenvalue weighted by molar-refractivity contribution is -0.113. The van der Waals surface area contributed by atoms with Crippen LogP contribution in [-0.4, -0.2) is 10.5 Å². The average molecular weight is 363 g/mol. The lowest BCUT2D eigenvalue weighted by atomic mass is 10.2. The van der Waals surface area contributed by atoms with Crippen LogP contribution in [0.3, 0.4) is 0 Å². The molecule has 2 aromatic carbocycles. The SMILES string of the molecule is Cn1c(=NC(=O)/C=C/c2ccccc2Cl)sc2cc(Cl)ccc21. The van der Waals surface area contributed by atoms with Crippen molar-refractivity contribution < 1.29 is 4.79 Å². The maximum absolute atomic E-state index is 12.1. The molecule has 1 aromatic heterocycles. The molecule has 3 rings (SSSR count). The van der Waals surface area contributed by atoms with Crippen molar-refractivity contribution in [2.75, 3.05) is 0 Å². The number of halogens is 2. The fourth-order valence-electron chi connectivity index (χ4n) is 2.12. The van der Waals surface area contributed by atoms with Crippen LogP contribution in [0.4, 0.5) is 0 Å². The zero-order valence-corrected chi connectivity index (χ0v) is 14.5. The van der Waals surface area contributed by atoms with Crippen LogP contribution in [0.15, 0.2) is 53.5 Å². The van der Waals surface area contributed by atoms with Crippen molar-refractivity contribution in [3.63, 3.8) is 0 Å². The molecule has 0 saturated heterocycles. The maximum atomic E-state index is 12.1. The van der Waals surface area contributed by atoms with E-state index in [1.165, 1.54) is 17.4 Å². The van der Waals surface area contributed by atoms with E-state index in [2.05, 4.69) is 4.99 Å². The van der Waals surface area contributed by atoms with Crippen molar-refractivity contribution in [3.05, 3.63) is 69.0 Å². The molecule has 3 nitrogen and oxygen atoms in total. The van der Waals surface area contributed by atoms with Crippen LogP contribution in [0.2, 0.25) is 10.0 Å². The number of fused-ring (bicyclic) bond motifs is 1. The van der Waals surface area contributed by atoms with Crippen molar-refractivity contribution >= 4 is 56.7 Å². The van der Waals surface area contributed by atoms with E-state index in [0.717, 1.165) is 15.8 Å². The predicted molar refractivity (Wildman–Crippen MR) is 96.9 cm³/mol. The smallest absolute Gasteiger partial charge is 0.272 e.